The second-order valence-corrected chi connectivity index (χ2v) is 9.87. The first-order valence-corrected chi connectivity index (χ1v) is 13.3. The van der Waals surface area contributed by atoms with E-state index in [0.29, 0.717) is 55.3 Å². The average molecular weight is 511 g/mol. The number of carbonyl (C=O) groups excluding carboxylic acids is 1. The highest BCUT2D eigenvalue weighted by Gasteiger charge is 2.39. The minimum absolute atomic E-state index is 0.0964. The number of rotatable bonds is 9. The fourth-order valence-electron chi connectivity index (χ4n) is 5.23. The summed E-state index contributed by atoms with van der Waals surface area (Å²) in [5.41, 5.74) is 8.96. The van der Waals surface area contributed by atoms with Crippen LogP contribution in [-0.4, -0.2) is 39.6 Å². The van der Waals surface area contributed by atoms with Crippen molar-refractivity contribution < 1.29 is 9.53 Å². The second-order valence-electron chi connectivity index (χ2n) is 9.87. The van der Waals surface area contributed by atoms with Crippen molar-refractivity contribution in [3.63, 3.8) is 0 Å². The van der Waals surface area contributed by atoms with Gasteiger partial charge < -0.3 is 15.4 Å². The number of carbonyl (C=O) groups is 1. The molecule has 3 atom stereocenters. The number of nitrogens with zero attached hydrogens (tertiary/aromatic N) is 3. The van der Waals surface area contributed by atoms with Crippen LogP contribution in [0.4, 0.5) is 0 Å². The van der Waals surface area contributed by atoms with Crippen LogP contribution in [0, 0.1) is 6.92 Å². The van der Waals surface area contributed by atoms with Crippen LogP contribution in [0.2, 0.25) is 0 Å². The molecular weight excluding hydrogens is 476 g/mol. The van der Waals surface area contributed by atoms with Crippen LogP contribution in [0.5, 0.6) is 5.75 Å². The fourth-order valence-corrected chi connectivity index (χ4v) is 5.23. The van der Waals surface area contributed by atoms with Crippen LogP contribution in [0.1, 0.15) is 64.7 Å². The van der Waals surface area contributed by atoms with Gasteiger partial charge in [0.15, 0.2) is 0 Å². The Kier molecular flexibility index (Phi) is 7.56. The standard InChI is InChI=1S/C31H34N4O3/c1-3-25(34(19-9-18-32)30(36)23-16-14-21(2)15-17-23)29-33-27-24-12-7-8-13-26(24)38-28(27)31(37)35(29)20-22-10-5-4-6-11-22/h4-8,10-17,24-26H,3,9,18-20,32H2,1-2H3. The highest BCUT2D eigenvalue weighted by Crippen LogP contribution is 2.39. The highest BCUT2D eigenvalue weighted by molar-refractivity contribution is 5.94. The van der Waals surface area contributed by atoms with Crippen LogP contribution in [0.25, 0.3) is 0 Å². The summed E-state index contributed by atoms with van der Waals surface area (Å²) in [6.07, 6.45) is 8.86. The minimum Gasteiger partial charge on any atom is -0.478 e. The van der Waals surface area contributed by atoms with Crippen molar-refractivity contribution >= 4 is 5.91 Å². The molecule has 38 heavy (non-hydrogen) atoms. The van der Waals surface area contributed by atoms with E-state index in [9.17, 15) is 9.59 Å². The third-order valence-electron chi connectivity index (χ3n) is 7.24. The Bertz CT molecular complexity index is 1410. The zero-order chi connectivity index (χ0) is 26.6. The van der Waals surface area contributed by atoms with E-state index in [4.69, 9.17) is 15.5 Å². The van der Waals surface area contributed by atoms with Gasteiger partial charge in [-0.2, -0.15) is 0 Å². The summed E-state index contributed by atoms with van der Waals surface area (Å²) in [6.45, 7) is 5.27. The van der Waals surface area contributed by atoms with E-state index in [1.807, 2.05) is 97.6 Å². The van der Waals surface area contributed by atoms with Crippen LogP contribution in [-0.2, 0) is 6.54 Å². The van der Waals surface area contributed by atoms with Crippen molar-refractivity contribution in [3.05, 3.63) is 117 Å². The molecule has 2 N–H and O–H groups in total. The van der Waals surface area contributed by atoms with Gasteiger partial charge in [-0.3, -0.25) is 14.2 Å². The third-order valence-corrected chi connectivity index (χ3v) is 7.24. The van der Waals surface area contributed by atoms with E-state index in [2.05, 4.69) is 0 Å². The molecule has 0 saturated heterocycles. The molecule has 2 aliphatic rings. The molecule has 1 aliphatic heterocycles. The molecule has 0 radical (unpaired) electrons. The van der Waals surface area contributed by atoms with Gasteiger partial charge in [0, 0.05) is 12.1 Å². The smallest absolute Gasteiger partial charge is 0.296 e. The molecule has 1 amide bonds. The first kappa shape index (κ1) is 25.7. The van der Waals surface area contributed by atoms with Crippen LogP contribution >= 0.6 is 0 Å². The largest absolute Gasteiger partial charge is 0.478 e. The van der Waals surface area contributed by atoms with Gasteiger partial charge in [-0.05, 0) is 50.1 Å². The molecule has 2 aromatic carbocycles. The minimum atomic E-state index is -0.417. The first-order valence-electron chi connectivity index (χ1n) is 13.3. The first-order chi connectivity index (χ1) is 18.5. The van der Waals surface area contributed by atoms with E-state index in [-0.39, 0.29) is 23.5 Å². The van der Waals surface area contributed by atoms with Gasteiger partial charge in [0.2, 0.25) is 5.75 Å². The summed E-state index contributed by atoms with van der Waals surface area (Å²) in [7, 11) is 0. The fraction of sp³-hybridized carbons (Fsp3) is 0.323. The quantitative estimate of drug-likeness (QED) is 0.457. The summed E-state index contributed by atoms with van der Waals surface area (Å²) in [5.74, 6) is 0.644. The van der Waals surface area contributed by atoms with Crippen molar-refractivity contribution in [2.75, 3.05) is 13.1 Å². The molecular formula is C31H34N4O3. The average Bonchev–Trinajstić information content (AvgIpc) is 3.32. The molecule has 7 heteroatoms. The summed E-state index contributed by atoms with van der Waals surface area (Å²) in [4.78, 5) is 34.8. The number of hydrogen-bond acceptors (Lipinski definition) is 5. The Morgan fingerprint density at radius 3 is 2.55 bits per heavy atom. The lowest BCUT2D eigenvalue weighted by Gasteiger charge is -2.32. The number of benzene rings is 2. The second kappa shape index (κ2) is 11.2. The lowest BCUT2D eigenvalue weighted by atomic mass is 9.96. The van der Waals surface area contributed by atoms with E-state index >= 15 is 0 Å². The highest BCUT2D eigenvalue weighted by atomic mass is 16.5. The summed E-state index contributed by atoms with van der Waals surface area (Å²) < 4.78 is 7.80. The van der Waals surface area contributed by atoms with Gasteiger partial charge in [-0.15, -0.1) is 0 Å². The molecule has 3 aromatic rings. The van der Waals surface area contributed by atoms with E-state index in [1.165, 1.54) is 0 Å². The lowest BCUT2D eigenvalue weighted by molar-refractivity contribution is 0.0655. The van der Waals surface area contributed by atoms with Gasteiger partial charge in [0.05, 0.1) is 18.5 Å². The molecule has 2 heterocycles. The predicted octanol–water partition coefficient (Wildman–Crippen LogP) is 4.51. The third kappa shape index (κ3) is 4.94. The molecule has 1 aromatic heterocycles. The molecule has 0 spiro atoms. The Morgan fingerprint density at radius 1 is 1.11 bits per heavy atom. The zero-order valence-corrected chi connectivity index (χ0v) is 21.9. The SMILES string of the molecule is CCC(c1nc2c(c(=O)n1Cc1ccccc1)OC1C=CC=CC21)N(CCCN)C(=O)c1ccc(C)cc1. The molecule has 1 aliphatic carbocycles. The maximum Gasteiger partial charge on any atom is 0.296 e. The lowest BCUT2D eigenvalue weighted by Crippen LogP contribution is -2.40. The summed E-state index contributed by atoms with van der Waals surface area (Å²) >= 11 is 0. The Morgan fingerprint density at radius 2 is 1.84 bits per heavy atom. The van der Waals surface area contributed by atoms with Gasteiger partial charge in [-0.1, -0.05) is 73.2 Å². The van der Waals surface area contributed by atoms with Crippen molar-refractivity contribution in [2.24, 2.45) is 5.73 Å². The van der Waals surface area contributed by atoms with E-state index in [0.717, 1.165) is 11.1 Å². The maximum absolute atomic E-state index is 14.0. The predicted molar refractivity (Wildman–Crippen MR) is 148 cm³/mol. The number of fused-ring (bicyclic) bond motifs is 3. The van der Waals surface area contributed by atoms with Crippen molar-refractivity contribution in [2.45, 2.75) is 51.3 Å². The van der Waals surface area contributed by atoms with E-state index in [1.54, 1.807) is 4.57 Å². The molecule has 0 bridgehead atoms. The van der Waals surface area contributed by atoms with Gasteiger partial charge >= 0.3 is 0 Å². The Balaban J connectivity index is 1.64. The molecule has 7 nitrogen and oxygen atoms in total. The monoisotopic (exact) mass is 510 g/mol. The number of aryl methyl sites for hydroxylation is 1. The Labute approximate surface area is 223 Å². The number of amides is 1. The van der Waals surface area contributed by atoms with Crippen LogP contribution in [0.15, 0.2) is 83.7 Å². The topological polar surface area (TPSA) is 90.5 Å². The number of hydrogen-bond donors (Lipinski definition) is 1. The number of allylic oxidation sites excluding steroid dienone is 2. The number of ether oxygens (including phenoxy) is 1. The van der Waals surface area contributed by atoms with Crippen LogP contribution in [0.3, 0.4) is 0 Å². The van der Waals surface area contributed by atoms with Gasteiger partial charge in [0.25, 0.3) is 11.5 Å². The summed E-state index contributed by atoms with van der Waals surface area (Å²) in [5, 5.41) is 0. The van der Waals surface area contributed by atoms with Gasteiger partial charge in [-0.25, -0.2) is 4.98 Å². The number of nitrogens with two attached hydrogens (primary N) is 1. The summed E-state index contributed by atoms with van der Waals surface area (Å²) in [6, 6.07) is 17.0. The Hall–Kier alpha value is -3.97. The molecule has 0 saturated carbocycles. The molecule has 196 valence electrons. The zero-order valence-electron chi connectivity index (χ0n) is 21.9. The normalized spacial score (nSPS) is 18.0. The molecule has 0 fully saturated rings. The van der Waals surface area contributed by atoms with Crippen molar-refractivity contribution in [3.8, 4) is 5.75 Å². The molecule has 5 rings (SSSR count). The van der Waals surface area contributed by atoms with Crippen LogP contribution < -0.4 is 16.0 Å². The van der Waals surface area contributed by atoms with Crippen molar-refractivity contribution in [1.82, 2.24) is 14.5 Å². The number of aromatic nitrogens is 2. The van der Waals surface area contributed by atoms with Gasteiger partial charge in [0.1, 0.15) is 17.6 Å². The van der Waals surface area contributed by atoms with Crippen molar-refractivity contribution in [1.29, 1.82) is 0 Å². The molecule has 3 unspecified atom stereocenters. The van der Waals surface area contributed by atoms with E-state index < -0.39 is 6.04 Å². The maximum atomic E-state index is 14.0.